The standard InChI is InChI=1S/C5H5N7O6/c13-10(14)5(11(15)16,12(17)18)1-7-4-8-2-6-3-9-4/h2-3H,1H2,(H,6,7,8,9). The molecule has 96 valence electrons. The average Bonchev–Trinajstić information content (AvgIpc) is 2.29. The molecule has 0 aliphatic carbocycles. The Labute approximate surface area is 97.3 Å². The highest BCUT2D eigenvalue weighted by Gasteiger charge is 2.70. The van der Waals surface area contributed by atoms with Crippen molar-refractivity contribution in [2.45, 2.75) is 5.79 Å². The zero-order valence-electron chi connectivity index (χ0n) is 8.49. The molecule has 0 atom stereocenters. The zero-order valence-corrected chi connectivity index (χ0v) is 8.49. The third kappa shape index (κ3) is 2.23. The number of nitrogens with zero attached hydrogens (tertiary/aromatic N) is 6. The Bertz CT molecular complexity index is 440. The molecule has 1 aromatic heterocycles. The van der Waals surface area contributed by atoms with Crippen molar-refractivity contribution in [3.8, 4) is 0 Å². The van der Waals surface area contributed by atoms with Gasteiger partial charge in [0.25, 0.3) is 0 Å². The van der Waals surface area contributed by atoms with Gasteiger partial charge in [-0.3, -0.25) is 30.3 Å². The first kappa shape index (κ1) is 13.1. The second-order valence-electron chi connectivity index (χ2n) is 2.86. The van der Waals surface area contributed by atoms with E-state index in [9.17, 15) is 30.3 Å². The van der Waals surface area contributed by atoms with E-state index in [-0.39, 0.29) is 5.95 Å². The lowest BCUT2D eigenvalue weighted by atomic mass is 10.4. The number of hydrogen-bond donors (Lipinski definition) is 1. The van der Waals surface area contributed by atoms with E-state index >= 15 is 0 Å². The monoisotopic (exact) mass is 259 g/mol. The molecule has 0 amide bonds. The fraction of sp³-hybridized carbons (Fsp3) is 0.400. The summed E-state index contributed by atoms with van der Waals surface area (Å²) in [5, 5.41) is 33.7. The minimum absolute atomic E-state index is 0.250. The first-order valence-corrected chi connectivity index (χ1v) is 4.20. The maximum absolute atomic E-state index is 10.6. The maximum atomic E-state index is 10.6. The van der Waals surface area contributed by atoms with E-state index < -0.39 is 27.1 Å². The highest BCUT2D eigenvalue weighted by molar-refractivity contribution is 5.20. The van der Waals surface area contributed by atoms with E-state index in [0.717, 1.165) is 12.7 Å². The second kappa shape index (κ2) is 4.89. The molecule has 1 N–H and O–H groups in total. The van der Waals surface area contributed by atoms with Crippen LogP contribution in [0.4, 0.5) is 5.95 Å². The predicted octanol–water partition coefficient (Wildman–Crippen LogP) is -1.23. The minimum atomic E-state index is -3.59. The average molecular weight is 259 g/mol. The molecule has 1 rings (SSSR count). The lowest BCUT2D eigenvalue weighted by molar-refractivity contribution is -0.965. The summed E-state index contributed by atoms with van der Waals surface area (Å²) in [4.78, 5) is 37.2. The van der Waals surface area contributed by atoms with Crippen LogP contribution in [0.5, 0.6) is 0 Å². The van der Waals surface area contributed by atoms with E-state index in [4.69, 9.17) is 0 Å². The molecule has 0 aliphatic heterocycles. The summed E-state index contributed by atoms with van der Waals surface area (Å²) in [5.74, 6) is -3.84. The molecule has 0 radical (unpaired) electrons. The van der Waals surface area contributed by atoms with Crippen LogP contribution in [0.2, 0.25) is 0 Å². The summed E-state index contributed by atoms with van der Waals surface area (Å²) in [6.45, 7) is -1.20. The van der Waals surface area contributed by atoms with Gasteiger partial charge in [-0.2, -0.15) is 0 Å². The predicted molar refractivity (Wildman–Crippen MR) is 52.0 cm³/mol. The molecular weight excluding hydrogens is 254 g/mol. The van der Waals surface area contributed by atoms with Gasteiger partial charge in [0, 0.05) is 0 Å². The van der Waals surface area contributed by atoms with Crippen molar-refractivity contribution in [2.24, 2.45) is 0 Å². The van der Waals surface area contributed by atoms with Crippen LogP contribution in [0.3, 0.4) is 0 Å². The normalized spacial score (nSPS) is 10.7. The third-order valence-corrected chi connectivity index (χ3v) is 1.85. The summed E-state index contributed by atoms with van der Waals surface area (Å²) in [5.41, 5.74) is 0. The van der Waals surface area contributed by atoms with Crippen LogP contribution in [0.25, 0.3) is 0 Å². The van der Waals surface area contributed by atoms with Crippen LogP contribution in [0, 0.1) is 30.3 Å². The SMILES string of the molecule is O=[N+]([O-])C(CNc1ncncn1)([N+](=O)[O-])[N+](=O)[O-]. The lowest BCUT2D eigenvalue weighted by Gasteiger charge is -2.09. The maximum Gasteiger partial charge on any atom is 0.717 e. The highest BCUT2D eigenvalue weighted by atomic mass is 16.7. The van der Waals surface area contributed by atoms with Crippen LogP contribution in [0.1, 0.15) is 0 Å². The minimum Gasteiger partial charge on any atom is -0.333 e. The fourth-order valence-electron chi connectivity index (χ4n) is 0.922. The lowest BCUT2D eigenvalue weighted by Crippen LogP contribution is -2.58. The number of hydrogen-bond acceptors (Lipinski definition) is 10. The van der Waals surface area contributed by atoms with E-state index in [2.05, 4.69) is 15.0 Å². The first-order valence-electron chi connectivity index (χ1n) is 4.20. The first-order chi connectivity index (χ1) is 8.41. The van der Waals surface area contributed by atoms with Crippen LogP contribution < -0.4 is 5.32 Å². The smallest absolute Gasteiger partial charge is 0.333 e. The van der Waals surface area contributed by atoms with E-state index in [0.29, 0.717) is 0 Å². The van der Waals surface area contributed by atoms with Gasteiger partial charge in [0.1, 0.15) is 12.7 Å². The Balaban J connectivity index is 2.96. The van der Waals surface area contributed by atoms with Crippen LogP contribution in [-0.2, 0) is 0 Å². The van der Waals surface area contributed by atoms with Gasteiger partial charge in [-0.25, -0.2) is 15.0 Å². The van der Waals surface area contributed by atoms with Crippen LogP contribution in [0.15, 0.2) is 12.7 Å². The van der Waals surface area contributed by atoms with Gasteiger partial charge in [0.15, 0.2) is 14.8 Å². The molecule has 0 aliphatic rings. The van der Waals surface area contributed by atoms with Crippen molar-refractivity contribution < 1.29 is 14.8 Å². The molecule has 13 heteroatoms. The molecule has 13 nitrogen and oxygen atoms in total. The van der Waals surface area contributed by atoms with E-state index in [1.165, 1.54) is 0 Å². The number of anilines is 1. The van der Waals surface area contributed by atoms with Gasteiger partial charge in [-0.15, -0.1) is 0 Å². The van der Waals surface area contributed by atoms with Crippen molar-refractivity contribution in [1.82, 2.24) is 15.0 Å². The summed E-state index contributed by atoms with van der Waals surface area (Å²) >= 11 is 0. The number of aromatic nitrogens is 3. The van der Waals surface area contributed by atoms with E-state index in [1.54, 1.807) is 0 Å². The van der Waals surface area contributed by atoms with Crippen LogP contribution >= 0.6 is 0 Å². The Morgan fingerprint density at radius 2 is 1.50 bits per heavy atom. The Morgan fingerprint density at radius 1 is 1.06 bits per heavy atom. The van der Waals surface area contributed by atoms with Gasteiger partial charge in [0.05, 0.1) is 0 Å². The molecule has 18 heavy (non-hydrogen) atoms. The van der Waals surface area contributed by atoms with Crippen molar-refractivity contribution in [3.63, 3.8) is 0 Å². The number of rotatable bonds is 6. The Hall–Kier alpha value is -2.99. The third-order valence-electron chi connectivity index (χ3n) is 1.85. The highest BCUT2D eigenvalue weighted by Crippen LogP contribution is 2.12. The summed E-state index contributed by atoms with van der Waals surface area (Å²) in [6, 6.07) is 0. The van der Waals surface area contributed by atoms with Crippen molar-refractivity contribution in [3.05, 3.63) is 43.0 Å². The van der Waals surface area contributed by atoms with Gasteiger partial charge < -0.3 is 5.32 Å². The molecule has 1 heterocycles. The topological polar surface area (TPSA) is 180 Å². The van der Waals surface area contributed by atoms with Gasteiger partial charge >= 0.3 is 5.79 Å². The Kier molecular flexibility index (Phi) is 3.56. The van der Waals surface area contributed by atoms with Crippen molar-refractivity contribution in [1.29, 1.82) is 0 Å². The molecule has 0 spiro atoms. The largest absolute Gasteiger partial charge is 0.717 e. The fourth-order valence-corrected chi connectivity index (χ4v) is 0.922. The van der Waals surface area contributed by atoms with Gasteiger partial charge in [-0.05, 0) is 0 Å². The van der Waals surface area contributed by atoms with Gasteiger partial charge in [0.2, 0.25) is 12.5 Å². The summed E-state index contributed by atoms with van der Waals surface area (Å²) < 4.78 is 0. The molecule has 0 saturated heterocycles. The van der Waals surface area contributed by atoms with Crippen molar-refractivity contribution in [2.75, 3.05) is 11.9 Å². The molecule has 0 saturated carbocycles. The number of nitrogens with one attached hydrogen (secondary N) is 1. The number of nitro groups is 3. The Morgan fingerprint density at radius 3 is 1.89 bits per heavy atom. The molecule has 0 aromatic carbocycles. The molecule has 1 aromatic rings. The molecule has 0 fully saturated rings. The summed E-state index contributed by atoms with van der Waals surface area (Å²) in [7, 11) is 0. The summed E-state index contributed by atoms with van der Waals surface area (Å²) in [6.07, 6.45) is 2.03. The van der Waals surface area contributed by atoms with Gasteiger partial charge in [-0.1, -0.05) is 0 Å². The van der Waals surface area contributed by atoms with Crippen LogP contribution in [-0.4, -0.2) is 42.1 Å². The molecular formula is C5H5N7O6. The molecule has 0 unspecified atom stereocenters. The second-order valence-corrected chi connectivity index (χ2v) is 2.86. The van der Waals surface area contributed by atoms with Crippen molar-refractivity contribution >= 4 is 5.95 Å². The molecule has 0 bridgehead atoms. The zero-order chi connectivity index (χ0) is 13.8. The van der Waals surface area contributed by atoms with E-state index in [1.807, 2.05) is 5.32 Å². The quantitative estimate of drug-likeness (QED) is 0.368.